The highest BCUT2D eigenvalue weighted by Crippen LogP contribution is 2.26. The zero-order valence-electron chi connectivity index (χ0n) is 13.2. The molecular weight excluding hydrogens is 244 g/mol. The van der Waals surface area contributed by atoms with E-state index in [4.69, 9.17) is 5.11 Å². The third-order valence-electron chi connectivity index (χ3n) is 2.69. The van der Waals surface area contributed by atoms with Crippen LogP contribution in [0.1, 0.15) is 54.9 Å². The highest BCUT2D eigenvalue weighted by Gasteiger charge is 2.30. The van der Waals surface area contributed by atoms with Gasteiger partial charge in [-0.3, -0.25) is 4.79 Å². The third-order valence-corrected chi connectivity index (χ3v) is 2.69. The number of aliphatic carboxylic acids is 1. The number of rotatable bonds is 5. The Balaban J connectivity index is 4.36. The molecule has 0 rings (SSSR count). The molecule has 0 saturated heterocycles. The Labute approximate surface area is 116 Å². The summed E-state index contributed by atoms with van der Waals surface area (Å²) in [4.78, 5) is 22.7. The van der Waals surface area contributed by atoms with Crippen molar-refractivity contribution in [2.75, 3.05) is 6.54 Å². The van der Waals surface area contributed by atoms with Crippen LogP contribution in [0.4, 0.5) is 4.79 Å². The van der Waals surface area contributed by atoms with Gasteiger partial charge in [0.15, 0.2) is 0 Å². The van der Waals surface area contributed by atoms with Gasteiger partial charge in [0.05, 0.1) is 5.41 Å². The highest BCUT2D eigenvalue weighted by atomic mass is 16.4. The molecule has 0 aromatic rings. The average Bonchev–Trinajstić information content (AvgIpc) is 2.09. The predicted octanol–water partition coefficient (Wildman–Crippen LogP) is 2.61. The van der Waals surface area contributed by atoms with Crippen LogP contribution in [0.3, 0.4) is 0 Å². The molecule has 0 aromatic carbocycles. The first-order valence-electron chi connectivity index (χ1n) is 6.55. The van der Waals surface area contributed by atoms with Gasteiger partial charge < -0.3 is 15.7 Å². The average molecular weight is 272 g/mol. The molecule has 0 aromatic heterocycles. The van der Waals surface area contributed by atoms with E-state index in [9.17, 15) is 9.59 Å². The topological polar surface area (TPSA) is 78.4 Å². The molecule has 5 nitrogen and oxygen atoms in total. The van der Waals surface area contributed by atoms with E-state index in [0.717, 1.165) is 6.42 Å². The largest absolute Gasteiger partial charge is 0.481 e. The minimum absolute atomic E-state index is 0.0970. The van der Waals surface area contributed by atoms with E-state index >= 15 is 0 Å². The number of carbonyl (C=O) groups excluding carboxylic acids is 1. The zero-order chi connectivity index (χ0) is 15.5. The summed E-state index contributed by atoms with van der Waals surface area (Å²) in [7, 11) is 0. The minimum atomic E-state index is -0.967. The van der Waals surface area contributed by atoms with Gasteiger partial charge in [0, 0.05) is 12.1 Å². The van der Waals surface area contributed by atoms with Gasteiger partial charge in [0.25, 0.3) is 0 Å². The molecule has 112 valence electrons. The van der Waals surface area contributed by atoms with Crippen molar-refractivity contribution in [1.29, 1.82) is 0 Å². The smallest absolute Gasteiger partial charge is 0.315 e. The van der Waals surface area contributed by atoms with E-state index in [0.29, 0.717) is 0 Å². The summed E-state index contributed by atoms with van der Waals surface area (Å²) in [6.45, 7) is 13.5. The number of carboxylic acid groups (broad SMARTS) is 1. The number of carbonyl (C=O) groups is 2. The highest BCUT2D eigenvalue weighted by molar-refractivity contribution is 5.77. The fourth-order valence-corrected chi connectivity index (χ4v) is 2.10. The lowest BCUT2D eigenvalue weighted by atomic mass is 9.82. The fourth-order valence-electron chi connectivity index (χ4n) is 2.10. The number of nitrogens with one attached hydrogen (secondary N) is 2. The van der Waals surface area contributed by atoms with Crippen molar-refractivity contribution in [3.05, 3.63) is 0 Å². The first-order valence-corrected chi connectivity index (χ1v) is 6.55. The number of carboxylic acids is 1. The van der Waals surface area contributed by atoms with Gasteiger partial charge >= 0.3 is 12.0 Å². The van der Waals surface area contributed by atoms with Gasteiger partial charge in [-0.2, -0.15) is 0 Å². The zero-order valence-corrected chi connectivity index (χ0v) is 13.2. The van der Waals surface area contributed by atoms with Crippen LogP contribution in [0.5, 0.6) is 0 Å². The van der Waals surface area contributed by atoms with Crippen molar-refractivity contribution in [2.45, 2.75) is 60.4 Å². The third kappa shape index (κ3) is 7.70. The van der Waals surface area contributed by atoms with Crippen LogP contribution in [0.15, 0.2) is 0 Å². The van der Waals surface area contributed by atoms with Crippen LogP contribution in [0.25, 0.3) is 0 Å². The van der Waals surface area contributed by atoms with E-state index < -0.39 is 11.4 Å². The monoisotopic (exact) mass is 272 g/mol. The lowest BCUT2D eigenvalue weighted by molar-refractivity contribution is -0.146. The van der Waals surface area contributed by atoms with Crippen molar-refractivity contribution in [2.24, 2.45) is 10.8 Å². The van der Waals surface area contributed by atoms with E-state index in [1.54, 1.807) is 13.8 Å². The van der Waals surface area contributed by atoms with Crippen molar-refractivity contribution < 1.29 is 14.7 Å². The Morgan fingerprint density at radius 3 is 1.84 bits per heavy atom. The minimum Gasteiger partial charge on any atom is -0.481 e. The Bertz CT molecular complexity index is 341. The summed E-state index contributed by atoms with van der Waals surface area (Å²) in [6.07, 6.45) is 0.829. The molecule has 0 unspecified atom stereocenters. The Morgan fingerprint density at radius 2 is 1.47 bits per heavy atom. The molecule has 5 heteroatoms. The van der Waals surface area contributed by atoms with Crippen LogP contribution < -0.4 is 10.6 Å². The molecule has 0 aliphatic carbocycles. The molecule has 0 heterocycles. The van der Waals surface area contributed by atoms with E-state index in [1.165, 1.54) is 0 Å². The SMILES string of the molecule is CC(C)(C)CC(C)(C)NC(=O)NCC(C)(C)C(=O)O. The van der Waals surface area contributed by atoms with Crippen LogP contribution in [0.2, 0.25) is 0 Å². The van der Waals surface area contributed by atoms with Crippen LogP contribution in [0, 0.1) is 10.8 Å². The van der Waals surface area contributed by atoms with Crippen molar-refractivity contribution in [1.82, 2.24) is 10.6 Å². The molecule has 0 bridgehead atoms. The van der Waals surface area contributed by atoms with Crippen LogP contribution >= 0.6 is 0 Å². The molecule has 0 aliphatic rings. The Kier molecular flexibility index (Phi) is 5.42. The molecule has 0 aliphatic heterocycles. The molecule has 0 radical (unpaired) electrons. The number of amides is 2. The summed E-state index contributed by atoms with van der Waals surface area (Å²) in [5.41, 5.74) is -1.20. The quantitative estimate of drug-likeness (QED) is 0.720. The lowest BCUT2D eigenvalue weighted by Gasteiger charge is -2.33. The summed E-state index contributed by atoms with van der Waals surface area (Å²) in [5, 5.41) is 14.5. The van der Waals surface area contributed by atoms with E-state index in [1.807, 2.05) is 13.8 Å². The van der Waals surface area contributed by atoms with Crippen molar-refractivity contribution in [3.8, 4) is 0 Å². The first-order chi connectivity index (χ1) is 8.25. The molecule has 2 amide bonds. The van der Waals surface area contributed by atoms with E-state index in [2.05, 4.69) is 31.4 Å². The summed E-state index contributed by atoms with van der Waals surface area (Å²) < 4.78 is 0. The number of hydrogen-bond donors (Lipinski definition) is 3. The maximum Gasteiger partial charge on any atom is 0.315 e. The normalized spacial score (nSPS) is 13.0. The second-order valence-electron chi connectivity index (χ2n) is 7.62. The summed E-state index contributed by atoms with van der Waals surface area (Å²) >= 11 is 0. The van der Waals surface area contributed by atoms with Crippen molar-refractivity contribution >= 4 is 12.0 Å². The van der Waals surface area contributed by atoms with Gasteiger partial charge in [0.2, 0.25) is 0 Å². The van der Waals surface area contributed by atoms with Gasteiger partial charge in [-0.15, -0.1) is 0 Å². The number of urea groups is 1. The second kappa shape index (κ2) is 5.80. The standard InChI is InChI=1S/C14H28N2O3/c1-12(2,3)8-14(6,7)16-11(19)15-9-13(4,5)10(17)18/h8-9H2,1-7H3,(H,17,18)(H2,15,16,19). The fraction of sp³-hybridized carbons (Fsp3) is 0.857. The van der Waals surface area contributed by atoms with Gasteiger partial charge in [-0.1, -0.05) is 20.8 Å². The van der Waals surface area contributed by atoms with Gasteiger partial charge in [0.1, 0.15) is 0 Å². The Morgan fingerprint density at radius 1 is 1.00 bits per heavy atom. The first kappa shape index (κ1) is 17.7. The molecule has 0 saturated carbocycles. The molecule has 19 heavy (non-hydrogen) atoms. The molecular formula is C14H28N2O3. The Hall–Kier alpha value is -1.26. The van der Waals surface area contributed by atoms with Crippen LogP contribution in [-0.4, -0.2) is 29.2 Å². The maximum absolute atomic E-state index is 11.8. The van der Waals surface area contributed by atoms with E-state index in [-0.39, 0.29) is 23.5 Å². The van der Waals surface area contributed by atoms with Crippen LogP contribution in [-0.2, 0) is 4.79 Å². The summed E-state index contributed by atoms with van der Waals surface area (Å²) in [5.74, 6) is -0.929. The molecule has 3 N–H and O–H groups in total. The molecule has 0 atom stereocenters. The van der Waals surface area contributed by atoms with Gasteiger partial charge in [-0.25, -0.2) is 4.79 Å². The van der Waals surface area contributed by atoms with Crippen molar-refractivity contribution in [3.63, 3.8) is 0 Å². The second-order valence-corrected chi connectivity index (χ2v) is 7.62. The van der Waals surface area contributed by atoms with Gasteiger partial charge in [-0.05, 0) is 39.5 Å². The lowest BCUT2D eigenvalue weighted by Crippen LogP contribution is -2.52. The molecule has 0 fully saturated rings. The predicted molar refractivity (Wildman–Crippen MR) is 76.1 cm³/mol. The summed E-state index contributed by atoms with van der Waals surface area (Å²) in [6, 6.07) is -0.330. The number of hydrogen-bond acceptors (Lipinski definition) is 2. The maximum atomic E-state index is 11.8. The molecule has 0 spiro atoms.